The third kappa shape index (κ3) is 4.60. The van der Waals surface area contributed by atoms with Crippen LogP contribution in [0.2, 0.25) is 0 Å². The Balaban J connectivity index is 3.43. The van der Waals surface area contributed by atoms with Crippen LogP contribution in [-0.4, -0.2) is 0 Å². The maximum Gasteiger partial charge on any atom is -0.0348 e. The lowest BCUT2D eigenvalue weighted by molar-refractivity contribution is 0.843. The van der Waals surface area contributed by atoms with Gasteiger partial charge in [0, 0.05) is 0 Å². The van der Waals surface area contributed by atoms with E-state index < -0.39 is 0 Å². The van der Waals surface area contributed by atoms with Gasteiger partial charge >= 0.3 is 0 Å². The Bertz CT molecular complexity index is 84.2. The minimum absolute atomic E-state index is 1.07. The van der Waals surface area contributed by atoms with Crippen molar-refractivity contribution < 1.29 is 0 Å². The Morgan fingerprint density at radius 1 is 1.30 bits per heavy atom. The van der Waals surface area contributed by atoms with Crippen LogP contribution in [0, 0.1) is 6.92 Å². The molecule has 0 aromatic heterocycles. The Hall–Kier alpha value is -0.260. The summed E-state index contributed by atoms with van der Waals surface area (Å²) in [5.74, 6) is 0. The predicted octanol–water partition coefficient (Wildman–Crippen LogP) is 3.74. The molecule has 0 amide bonds. The first kappa shape index (κ1) is 9.74. The molecule has 10 heavy (non-hydrogen) atoms. The lowest BCUT2D eigenvalue weighted by atomic mass is 10.1. The fourth-order valence-electron chi connectivity index (χ4n) is 0.989. The Morgan fingerprint density at radius 2 is 1.90 bits per heavy atom. The van der Waals surface area contributed by atoms with Crippen molar-refractivity contribution in [3.8, 4) is 0 Å². The molecule has 0 heterocycles. The van der Waals surface area contributed by atoms with E-state index in [-0.39, 0.29) is 0 Å². The first-order valence-electron chi connectivity index (χ1n) is 4.32. The summed E-state index contributed by atoms with van der Waals surface area (Å²) in [7, 11) is 0. The highest BCUT2D eigenvalue weighted by molar-refractivity contribution is 4.99. The van der Waals surface area contributed by atoms with Gasteiger partial charge in [-0.3, -0.25) is 0 Å². The Labute approximate surface area is 65.3 Å². The summed E-state index contributed by atoms with van der Waals surface area (Å²) in [5, 5.41) is 0. The molecule has 0 atom stereocenters. The summed E-state index contributed by atoms with van der Waals surface area (Å²) in [5.41, 5.74) is 1.59. The van der Waals surface area contributed by atoms with Gasteiger partial charge in [-0.15, -0.1) is 0 Å². The van der Waals surface area contributed by atoms with Crippen molar-refractivity contribution in [3.05, 3.63) is 18.6 Å². The third-order valence-electron chi connectivity index (χ3n) is 1.80. The van der Waals surface area contributed by atoms with Crippen LogP contribution in [0.15, 0.2) is 11.6 Å². The first-order valence-corrected chi connectivity index (χ1v) is 4.32. The highest BCUT2D eigenvalue weighted by Crippen LogP contribution is 2.08. The zero-order valence-electron chi connectivity index (χ0n) is 7.32. The lowest BCUT2D eigenvalue weighted by Crippen LogP contribution is -1.77. The highest BCUT2D eigenvalue weighted by Gasteiger charge is 1.87. The molecule has 0 bridgehead atoms. The SMILES string of the molecule is [CH2]CCCC=C(CC)CC. The summed E-state index contributed by atoms with van der Waals surface area (Å²) in [6.07, 6.45) is 8.33. The Morgan fingerprint density at radius 3 is 2.30 bits per heavy atom. The van der Waals surface area contributed by atoms with E-state index >= 15 is 0 Å². The average Bonchev–Trinajstić information content (AvgIpc) is 1.99. The van der Waals surface area contributed by atoms with Crippen LogP contribution in [0.1, 0.15) is 46.0 Å². The van der Waals surface area contributed by atoms with E-state index in [4.69, 9.17) is 0 Å². The summed E-state index contributed by atoms with van der Waals surface area (Å²) >= 11 is 0. The summed E-state index contributed by atoms with van der Waals surface area (Å²) in [6, 6.07) is 0. The maximum absolute atomic E-state index is 3.80. The van der Waals surface area contributed by atoms with Gasteiger partial charge < -0.3 is 0 Å². The van der Waals surface area contributed by atoms with E-state index in [2.05, 4.69) is 26.8 Å². The number of rotatable bonds is 5. The molecule has 0 heteroatoms. The second kappa shape index (κ2) is 6.85. The molecule has 0 spiro atoms. The third-order valence-corrected chi connectivity index (χ3v) is 1.80. The standard InChI is InChI=1S/C10H19/c1-4-7-8-9-10(5-2)6-3/h9H,1,4-8H2,2-3H3. The summed E-state index contributed by atoms with van der Waals surface area (Å²) in [4.78, 5) is 0. The van der Waals surface area contributed by atoms with Gasteiger partial charge in [0.2, 0.25) is 0 Å². The molecule has 1 radical (unpaired) electrons. The van der Waals surface area contributed by atoms with Crippen molar-refractivity contribution in [2.75, 3.05) is 0 Å². The van der Waals surface area contributed by atoms with Crippen molar-refractivity contribution in [1.82, 2.24) is 0 Å². The smallest absolute Gasteiger partial charge is 0.0348 e. The van der Waals surface area contributed by atoms with Crippen LogP contribution in [-0.2, 0) is 0 Å². The molecule has 0 rings (SSSR count). The first-order chi connectivity index (χ1) is 4.85. The van der Waals surface area contributed by atoms with Crippen molar-refractivity contribution >= 4 is 0 Å². The summed E-state index contributed by atoms with van der Waals surface area (Å²) < 4.78 is 0. The van der Waals surface area contributed by atoms with E-state index in [1.54, 1.807) is 5.57 Å². The number of hydrogen-bond donors (Lipinski definition) is 0. The van der Waals surface area contributed by atoms with Crippen molar-refractivity contribution in [1.29, 1.82) is 0 Å². The van der Waals surface area contributed by atoms with Crippen molar-refractivity contribution in [3.63, 3.8) is 0 Å². The lowest BCUT2D eigenvalue weighted by Gasteiger charge is -1.98. The van der Waals surface area contributed by atoms with Gasteiger partial charge in [-0.25, -0.2) is 0 Å². The molecule has 0 aromatic carbocycles. The zero-order valence-corrected chi connectivity index (χ0v) is 7.32. The summed E-state index contributed by atoms with van der Waals surface area (Å²) in [6.45, 7) is 8.25. The van der Waals surface area contributed by atoms with Gasteiger partial charge in [0.15, 0.2) is 0 Å². The fraction of sp³-hybridized carbons (Fsp3) is 0.700. The number of unbranched alkanes of at least 4 members (excludes halogenated alkanes) is 2. The van der Waals surface area contributed by atoms with E-state index in [1.807, 2.05) is 0 Å². The van der Waals surface area contributed by atoms with Gasteiger partial charge in [-0.05, 0) is 25.7 Å². The van der Waals surface area contributed by atoms with Crippen molar-refractivity contribution in [2.45, 2.75) is 46.0 Å². The van der Waals surface area contributed by atoms with Crippen LogP contribution >= 0.6 is 0 Å². The van der Waals surface area contributed by atoms with Gasteiger partial charge in [0.25, 0.3) is 0 Å². The molecule has 0 saturated carbocycles. The largest absolute Gasteiger partial charge is 0.0854 e. The van der Waals surface area contributed by atoms with Gasteiger partial charge in [-0.2, -0.15) is 0 Å². The highest BCUT2D eigenvalue weighted by atomic mass is 13.9. The molecular formula is C10H19. The molecule has 0 aliphatic rings. The number of allylic oxidation sites excluding steroid dienone is 2. The van der Waals surface area contributed by atoms with Gasteiger partial charge in [0.1, 0.15) is 0 Å². The molecule has 0 saturated heterocycles. The minimum atomic E-state index is 1.07. The molecule has 0 unspecified atom stereocenters. The predicted molar refractivity (Wildman–Crippen MR) is 47.9 cm³/mol. The molecule has 0 aromatic rings. The maximum atomic E-state index is 3.80. The van der Waals surface area contributed by atoms with E-state index in [1.165, 1.54) is 25.7 Å². The Kier molecular flexibility index (Phi) is 6.68. The second-order valence-electron chi connectivity index (χ2n) is 2.57. The van der Waals surface area contributed by atoms with Crippen LogP contribution < -0.4 is 0 Å². The molecule has 0 aliphatic carbocycles. The fourth-order valence-corrected chi connectivity index (χ4v) is 0.989. The zero-order chi connectivity index (χ0) is 7.82. The van der Waals surface area contributed by atoms with E-state index in [0.717, 1.165) is 6.42 Å². The van der Waals surface area contributed by atoms with Crippen LogP contribution in [0.25, 0.3) is 0 Å². The van der Waals surface area contributed by atoms with E-state index in [9.17, 15) is 0 Å². The quantitative estimate of drug-likeness (QED) is 0.402. The molecule has 0 fully saturated rings. The molecule has 0 N–H and O–H groups in total. The van der Waals surface area contributed by atoms with Crippen LogP contribution in [0.3, 0.4) is 0 Å². The number of hydrogen-bond acceptors (Lipinski definition) is 0. The molecule has 0 nitrogen and oxygen atoms in total. The molecule has 0 aliphatic heterocycles. The second-order valence-corrected chi connectivity index (χ2v) is 2.57. The average molecular weight is 139 g/mol. The van der Waals surface area contributed by atoms with Crippen LogP contribution in [0.4, 0.5) is 0 Å². The normalized spacial score (nSPS) is 9.50. The van der Waals surface area contributed by atoms with Crippen LogP contribution in [0.5, 0.6) is 0 Å². The molecule has 59 valence electrons. The minimum Gasteiger partial charge on any atom is -0.0854 e. The molecular weight excluding hydrogens is 120 g/mol. The monoisotopic (exact) mass is 139 g/mol. The topological polar surface area (TPSA) is 0 Å². The van der Waals surface area contributed by atoms with Crippen molar-refractivity contribution in [2.24, 2.45) is 0 Å². The van der Waals surface area contributed by atoms with Gasteiger partial charge in [-0.1, -0.05) is 38.8 Å². The van der Waals surface area contributed by atoms with Gasteiger partial charge in [0.05, 0.1) is 0 Å². The van der Waals surface area contributed by atoms with E-state index in [0.29, 0.717) is 0 Å².